The molecule has 0 aromatic heterocycles. The van der Waals surface area contributed by atoms with Gasteiger partial charge in [0.1, 0.15) is 11.5 Å². The number of hydrogen-bond donors (Lipinski definition) is 2. The molecule has 2 N–H and O–H groups in total. The van der Waals surface area contributed by atoms with Gasteiger partial charge in [-0.3, -0.25) is 9.59 Å². The minimum Gasteiger partial charge on any atom is -0.497 e. The molecule has 1 aliphatic rings. The van der Waals surface area contributed by atoms with Gasteiger partial charge in [-0.15, -0.1) is 10.1 Å². The van der Waals surface area contributed by atoms with Crippen molar-refractivity contribution in [2.75, 3.05) is 14.2 Å². The minimum atomic E-state index is -0.870. The van der Waals surface area contributed by atoms with Crippen LogP contribution in [0, 0.1) is 0 Å². The molecule has 174 valence electrons. The number of hydrazone groups is 1. The van der Waals surface area contributed by atoms with Crippen LogP contribution in [0.4, 0.5) is 0 Å². The maximum absolute atomic E-state index is 13.0. The third-order valence-electron chi connectivity index (χ3n) is 5.47. The van der Waals surface area contributed by atoms with Gasteiger partial charge in [0.15, 0.2) is 6.04 Å². The molecule has 0 radical (unpaired) electrons. The Bertz CT molecular complexity index is 1240. The number of carbonyl (C=O) groups is 2. The lowest BCUT2D eigenvalue weighted by Crippen LogP contribution is -2.42. The third-order valence-corrected chi connectivity index (χ3v) is 6.04. The van der Waals surface area contributed by atoms with E-state index < -0.39 is 12.1 Å². The number of nitrogens with zero attached hydrogens (tertiary/aromatic N) is 1. The second-order valence-electron chi connectivity index (χ2n) is 7.58. The Morgan fingerprint density at radius 2 is 1.59 bits per heavy atom. The predicted octanol–water partition coefficient (Wildman–Crippen LogP) is 4.03. The second kappa shape index (κ2) is 10.2. The molecule has 4 rings (SSSR count). The van der Waals surface area contributed by atoms with E-state index in [2.05, 4.69) is 10.7 Å². The number of methoxy groups -OCH3 is 2. The summed E-state index contributed by atoms with van der Waals surface area (Å²) in [5.41, 5.74) is 4.69. The molecule has 1 fully saturated rings. The summed E-state index contributed by atoms with van der Waals surface area (Å²) in [6.07, 6.45) is 1.71. The molecule has 0 unspecified atom stereocenters. The van der Waals surface area contributed by atoms with Gasteiger partial charge >= 0.3 is 5.91 Å². The Hall–Kier alpha value is -3.55. The summed E-state index contributed by atoms with van der Waals surface area (Å²) >= 11 is 12.4. The van der Waals surface area contributed by atoms with Crippen LogP contribution in [-0.2, 0) is 4.79 Å². The summed E-state index contributed by atoms with van der Waals surface area (Å²) in [6.45, 7) is 0. The van der Waals surface area contributed by atoms with Crippen molar-refractivity contribution in [3.63, 3.8) is 0 Å². The lowest BCUT2D eigenvalue weighted by molar-refractivity contribution is -0.596. The molecule has 0 bridgehead atoms. The van der Waals surface area contributed by atoms with Crippen molar-refractivity contribution >= 4 is 41.2 Å². The molecular weight excluding hydrogens is 477 g/mol. The molecule has 0 spiro atoms. The fraction of sp³-hybridized carbons (Fsp3) is 0.160. The Morgan fingerprint density at radius 3 is 2.18 bits per heavy atom. The van der Waals surface area contributed by atoms with Gasteiger partial charge in [-0.05, 0) is 66.7 Å². The van der Waals surface area contributed by atoms with Gasteiger partial charge in [-0.25, -0.2) is 0 Å². The van der Waals surface area contributed by atoms with Gasteiger partial charge in [0.2, 0.25) is 12.3 Å². The number of rotatable bonds is 6. The van der Waals surface area contributed by atoms with E-state index in [0.29, 0.717) is 32.7 Å². The van der Waals surface area contributed by atoms with E-state index in [9.17, 15) is 9.59 Å². The standard InChI is InChI=1S/C25H21Cl2N3O4/c1-33-19-9-4-15(5-10-19)23-22(28-24(31)16-6-11-20(34-2)12-7-16)25(32)29-30(23)14-17-3-8-18(26)13-21(17)27/h3-14,22-23H,1-2H3,(H-,28,29,31,32)/p+1/b30-14-/t22-,23-/m0/s1. The number of nitrogens with one attached hydrogen (secondary N) is 2. The molecule has 34 heavy (non-hydrogen) atoms. The van der Waals surface area contributed by atoms with E-state index in [1.165, 1.54) is 0 Å². The van der Waals surface area contributed by atoms with Crippen molar-refractivity contribution in [2.24, 2.45) is 0 Å². The van der Waals surface area contributed by atoms with Crippen LogP contribution in [0.1, 0.15) is 27.5 Å². The Balaban J connectivity index is 1.70. The zero-order valence-electron chi connectivity index (χ0n) is 18.4. The maximum Gasteiger partial charge on any atom is 0.304 e. The van der Waals surface area contributed by atoms with Gasteiger partial charge in [-0.2, -0.15) is 0 Å². The SMILES string of the molecule is COc1ccc(C(=O)N[C@@H]2C(=O)N/[N+](=C\c3ccc(Cl)cc3Cl)[C@H]2c2ccc(OC)cc2)cc1. The predicted molar refractivity (Wildman–Crippen MR) is 130 cm³/mol. The summed E-state index contributed by atoms with van der Waals surface area (Å²) in [7, 11) is 3.13. The molecule has 0 saturated carbocycles. The smallest absolute Gasteiger partial charge is 0.304 e. The van der Waals surface area contributed by atoms with E-state index in [4.69, 9.17) is 32.7 Å². The molecule has 7 nitrogen and oxygen atoms in total. The molecule has 1 heterocycles. The molecule has 9 heteroatoms. The topological polar surface area (TPSA) is 79.7 Å². The average molecular weight is 499 g/mol. The van der Waals surface area contributed by atoms with Crippen molar-refractivity contribution in [1.29, 1.82) is 0 Å². The molecule has 1 aliphatic heterocycles. The lowest BCUT2D eigenvalue weighted by atomic mass is 9.99. The van der Waals surface area contributed by atoms with Crippen molar-refractivity contribution in [2.45, 2.75) is 12.1 Å². The largest absolute Gasteiger partial charge is 0.497 e. The van der Waals surface area contributed by atoms with Crippen LogP contribution >= 0.6 is 23.2 Å². The number of hydrogen-bond acceptors (Lipinski definition) is 4. The molecule has 0 aliphatic carbocycles. The Kier molecular flexibility index (Phi) is 7.05. The zero-order valence-corrected chi connectivity index (χ0v) is 19.9. The first-order chi connectivity index (χ1) is 16.4. The van der Waals surface area contributed by atoms with E-state index in [1.807, 2.05) is 12.1 Å². The number of benzene rings is 3. The highest BCUT2D eigenvalue weighted by molar-refractivity contribution is 6.36. The molecule has 3 aromatic rings. The van der Waals surface area contributed by atoms with Crippen LogP contribution in [-0.4, -0.2) is 43.0 Å². The van der Waals surface area contributed by atoms with E-state index in [-0.39, 0.29) is 11.8 Å². The van der Waals surface area contributed by atoms with Crippen LogP contribution in [0.3, 0.4) is 0 Å². The van der Waals surface area contributed by atoms with Gasteiger partial charge in [0.25, 0.3) is 5.91 Å². The van der Waals surface area contributed by atoms with Gasteiger partial charge < -0.3 is 14.8 Å². The van der Waals surface area contributed by atoms with E-state index in [1.54, 1.807) is 79.7 Å². The van der Waals surface area contributed by atoms with Crippen molar-refractivity contribution < 1.29 is 23.7 Å². The molecule has 2 atom stereocenters. The molecule has 2 amide bonds. The highest BCUT2D eigenvalue weighted by Crippen LogP contribution is 2.28. The molecule has 3 aromatic carbocycles. The van der Waals surface area contributed by atoms with Crippen LogP contribution in [0.15, 0.2) is 66.7 Å². The summed E-state index contributed by atoms with van der Waals surface area (Å²) in [4.78, 5) is 26.0. The quantitative estimate of drug-likeness (QED) is 0.503. The van der Waals surface area contributed by atoms with Gasteiger partial charge in [-0.1, -0.05) is 23.2 Å². The summed E-state index contributed by atoms with van der Waals surface area (Å²) in [6, 6.07) is 17.6. The van der Waals surface area contributed by atoms with E-state index in [0.717, 1.165) is 5.56 Å². The summed E-state index contributed by atoms with van der Waals surface area (Å²) < 4.78 is 12.0. The van der Waals surface area contributed by atoms with Crippen LogP contribution in [0.25, 0.3) is 0 Å². The van der Waals surface area contributed by atoms with Crippen molar-refractivity contribution in [3.8, 4) is 11.5 Å². The van der Waals surface area contributed by atoms with Crippen LogP contribution in [0.2, 0.25) is 10.0 Å². The first-order valence-corrected chi connectivity index (χ1v) is 11.1. The summed E-state index contributed by atoms with van der Waals surface area (Å²) in [5.74, 6) is 0.569. The summed E-state index contributed by atoms with van der Waals surface area (Å²) in [5, 5.41) is 3.80. The maximum atomic E-state index is 13.0. The van der Waals surface area contributed by atoms with E-state index >= 15 is 0 Å². The number of ether oxygens (including phenoxy) is 2. The number of hydrazine groups is 1. The first kappa shape index (κ1) is 23.6. The monoisotopic (exact) mass is 498 g/mol. The molecule has 1 saturated heterocycles. The van der Waals surface area contributed by atoms with Crippen LogP contribution in [0.5, 0.6) is 11.5 Å². The second-order valence-corrected chi connectivity index (χ2v) is 8.42. The van der Waals surface area contributed by atoms with Gasteiger partial charge in [0, 0.05) is 16.1 Å². The number of amides is 2. The van der Waals surface area contributed by atoms with Crippen molar-refractivity contribution in [1.82, 2.24) is 10.7 Å². The van der Waals surface area contributed by atoms with Crippen molar-refractivity contribution in [3.05, 3.63) is 93.5 Å². The highest BCUT2D eigenvalue weighted by atomic mass is 35.5. The molecular formula is C25H22Cl2N3O4+. The highest BCUT2D eigenvalue weighted by Gasteiger charge is 2.48. The van der Waals surface area contributed by atoms with Crippen LogP contribution < -0.4 is 20.2 Å². The fourth-order valence-corrected chi connectivity index (χ4v) is 4.16. The Labute approximate surface area is 206 Å². The number of halogens is 2. The minimum absolute atomic E-state index is 0.357. The van der Waals surface area contributed by atoms with Gasteiger partial charge in [0.05, 0.1) is 24.8 Å². The first-order valence-electron chi connectivity index (χ1n) is 10.4. The number of carbonyl (C=O) groups excluding carboxylic acids is 2. The average Bonchev–Trinajstić information content (AvgIpc) is 3.15. The fourth-order valence-electron chi connectivity index (χ4n) is 3.70. The normalized spacial score (nSPS) is 18.5. The Morgan fingerprint density at radius 1 is 0.971 bits per heavy atom. The lowest BCUT2D eigenvalue weighted by Gasteiger charge is -2.15. The third kappa shape index (κ3) is 5.00. The zero-order chi connectivity index (χ0) is 24.2.